The van der Waals surface area contributed by atoms with Gasteiger partial charge < -0.3 is 14.4 Å². The molecule has 11 rings (SSSR count). The summed E-state index contributed by atoms with van der Waals surface area (Å²) < 4.78 is 16.2. The predicted molar refractivity (Wildman–Crippen MR) is 215 cm³/mol. The Hall–Kier alpha value is -6.30. The lowest BCUT2D eigenvalue weighted by Crippen LogP contribution is -2.57. The molecule has 2 aliphatic heterocycles. The summed E-state index contributed by atoms with van der Waals surface area (Å²) >= 11 is 1.86. The Kier molecular flexibility index (Phi) is 6.22. The standard InChI is InChI=1S/C46H28BNO2S/c1-2-14-30(15-3-1)44-38(26-25-34-33-18-6-11-24-43(33)51-46(34)44)48(37-21-12-16-29-13-4-5-17-32(29)37)31-27-41-45-42(28-31)50-40-23-10-8-20-36(40)47(45)35-19-7-9-22-39(35)49-41/h1-28H. The first-order valence-electron chi connectivity index (χ1n) is 17.3. The lowest BCUT2D eigenvalue weighted by molar-refractivity contribution is 0.465. The van der Waals surface area contributed by atoms with E-state index in [2.05, 4.69) is 175 Å². The number of nitrogens with zero attached hydrogens (tertiary/aromatic N) is 1. The Balaban J connectivity index is 1.23. The zero-order valence-corrected chi connectivity index (χ0v) is 28.2. The van der Waals surface area contributed by atoms with Crippen LogP contribution in [-0.2, 0) is 0 Å². The third-order valence-corrected chi connectivity index (χ3v) is 11.6. The van der Waals surface area contributed by atoms with Crippen molar-refractivity contribution in [2.24, 2.45) is 0 Å². The van der Waals surface area contributed by atoms with Gasteiger partial charge in [0.25, 0.3) is 6.71 Å². The Morgan fingerprint density at radius 2 is 1.10 bits per heavy atom. The summed E-state index contributed by atoms with van der Waals surface area (Å²) in [4.78, 5) is 2.41. The molecule has 8 aromatic carbocycles. The van der Waals surface area contributed by atoms with Crippen molar-refractivity contribution in [1.82, 2.24) is 0 Å². The van der Waals surface area contributed by atoms with Crippen molar-refractivity contribution in [3.63, 3.8) is 0 Å². The van der Waals surface area contributed by atoms with Crippen LogP contribution in [0.4, 0.5) is 17.1 Å². The molecule has 0 atom stereocenters. The van der Waals surface area contributed by atoms with Crippen molar-refractivity contribution in [3.8, 4) is 34.1 Å². The van der Waals surface area contributed by atoms with Gasteiger partial charge in [-0.05, 0) is 52.2 Å². The minimum atomic E-state index is 0.0136. The number of ether oxygens (including phenoxy) is 2. The van der Waals surface area contributed by atoms with Crippen LogP contribution in [0.2, 0.25) is 0 Å². The van der Waals surface area contributed by atoms with Gasteiger partial charge in [-0.25, -0.2) is 0 Å². The van der Waals surface area contributed by atoms with Crippen LogP contribution in [0.1, 0.15) is 0 Å². The van der Waals surface area contributed by atoms with Crippen LogP contribution < -0.4 is 30.8 Å². The molecule has 9 aromatic rings. The van der Waals surface area contributed by atoms with Crippen LogP contribution in [0.15, 0.2) is 170 Å². The number of thiophene rings is 1. The van der Waals surface area contributed by atoms with E-state index < -0.39 is 0 Å². The Bertz CT molecular complexity index is 2770. The van der Waals surface area contributed by atoms with Crippen LogP contribution in [0, 0.1) is 0 Å². The molecular formula is C46H28BNO2S. The molecule has 5 heteroatoms. The normalized spacial score (nSPS) is 12.6. The van der Waals surface area contributed by atoms with Crippen molar-refractivity contribution in [2.75, 3.05) is 4.90 Å². The van der Waals surface area contributed by atoms with E-state index in [9.17, 15) is 0 Å². The van der Waals surface area contributed by atoms with E-state index in [-0.39, 0.29) is 6.71 Å². The molecule has 51 heavy (non-hydrogen) atoms. The molecule has 0 aliphatic carbocycles. The van der Waals surface area contributed by atoms with Gasteiger partial charge in [0.05, 0.1) is 17.1 Å². The van der Waals surface area contributed by atoms with E-state index in [1.54, 1.807) is 0 Å². The fourth-order valence-electron chi connectivity index (χ4n) is 8.17. The number of rotatable bonds is 4. The van der Waals surface area contributed by atoms with E-state index in [0.717, 1.165) is 61.8 Å². The second-order valence-electron chi connectivity index (χ2n) is 13.2. The summed E-state index contributed by atoms with van der Waals surface area (Å²) in [5, 5.41) is 4.89. The summed E-state index contributed by atoms with van der Waals surface area (Å²) in [6.45, 7) is 0.0136. The number of hydrogen-bond donors (Lipinski definition) is 0. The Morgan fingerprint density at radius 3 is 1.86 bits per heavy atom. The van der Waals surface area contributed by atoms with Gasteiger partial charge in [-0.3, -0.25) is 0 Å². The molecule has 1 aromatic heterocycles. The van der Waals surface area contributed by atoms with Crippen LogP contribution in [0.3, 0.4) is 0 Å². The zero-order valence-electron chi connectivity index (χ0n) is 27.4. The van der Waals surface area contributed by atoms with Gasteiger partial charge in [0.15, 0.2) is 0 Å². The summed E-state index contributed by atoms with van der Waals surface area (Å²) in [7, 11) is 0. The van der Waals surface area contributed by atoms with Gasteiger partial charge in [-0.1, -0.05) is 127 Å². The smallest absolute Gasteiger partial charge is 0.260 e. The molecule has 2 aliphatic rings. The average molecular weight is 670 g/mol. The molecule has 0 unspecified atom stereocenters. The van der Waals surface area contributed by atoms with Gasteiger partial charge in [0, 0.05) is 48.7 Å². The first-order chi connectivity index (χ1) is 25.3. The highest BCUT2D eigenvalue weighted by molar-refractivity contribution is 7.26. The Labute approximate surface area is 299 Å². The van der Waals surface area contributed by atoms with E-state index in [1.165, 1.54) is 36.7 Å². The van der Waals surface area contributed by atoms with Gasteiger partial charge in [0.2, 0.25) is 0 Å². The number of para-hydroxylation sites is 2. The molecule has 3 heterocycles. The first kappa shape index (κ1) is 28.5. The summed E-state index contributed by atoms with van der Waals surface area (Å²) in [6.07, 6.45) is 0. The summed E-state index contributed by atoms with van der Waals surface area (Å²) in [5.41, 5.74) is 8.89. The fraction of sp³-hybridized carbons (Fsp3) is 0. The lowest BCUT2D eigenvalue weighted by Gasteiger charge is -2.35. The predicted octanol–water partition coefficient (Wildman–Crippen LogP) is 11.1. The van der Waals surface area contributed by atoms with E-state index >= 15 is 0 Å². The molecule has 0 amide bonds. The number of benzene rings is 8. The van der Waals surface area contributed by atoms with Gasteiger partial charge >= 0.3 is 0 Å². The Morgan fingerprint density at radius 1 is 0.471 bits per heavy atom. The van der Waals surface area contributed by atoms with Crippen molar-refractivity contribution in [3.05, 3.63) is 170 Å². The molecule has 0 saturated heterocycles. The molecule has 3 nitrogen and oxygen atoms in total. The maximum atomic E-state index is 6.81. The quantitative estimate of drug-likeness (QED) is 0.174. The molecular weight excluding hydrogens is 641 g/mol. The minimum Gasteiger partial charge on any atom is -0.458 e. The van der Waals surface area contributed by atoms with Crippen LogP contribution in [0.5, 0.6) is 23.0 Å². The fourth-order valence-corrected chi connectivity index (χ4v) is 9.44. The van der Waals surface area contributed by atoms with Crippen molar-refractivity contribution in [1.29, 1.82) is 0 Å². The van der Waals surface area contributed by atoms with Gasteiger partial charge in [-0.15, -0.1) is 11.3 Å². The lowest BCUT2D eigenvalue weighted by atomic mass is 9.35. The molecule has 0 radical (unpaired) electrons. The largest absolute Gasteiger partial charge is 0.458 e. The first-order valence-corrected chi connectivity index (χ1v) is 18.1. The van der Waals surface area contributed by atoms with Crippen LogP contribution >= 0.6 is 11.3 Å². The molecule has 238 valence electrons. The maximum Gasteiger partial charge on any atom is 0.260 e. The van der Waals surface area contributed by atoms with E-state index in [1.807, 2.05) is 11.3 Å². The molecule has 0 saturated carbocycles. The molecule has 0 fully saturated rings. The van der Waals surface area contributed by atoms with Crippen LogP contribution in [-0.4, -0.2) is 6.71 Å². The molecule has 0 bridgehead atoms. The number of anilines is 3. The molecule has 0 N–H and O–H groups in total. The minimum absolute atomic E-state index is 0.0136. The SMILES string of the molecule is c1ccc(-c2c(N(c3cc4c5c(c3)Oc3ccccc3B5c3ccccc3O4)c3cccc4ccccc34)ccc3c2sc2ccccc23)cc1. The monoisotopic (exact) mass is 669 g/mol. The average Bonchev–Trinajstić information content (AvgIpc) is 3.57. The second-order valence-corrected chi connectivity index (χ2v) is 14.3. The summed E-state index contributed by atoms with van der Waals surface area (Å²) in [5.74, 6) is 3.39. The number of fused-ring (bicyclic) bond motifs is 8. The highest BCUT2D eigenvalue weighted by Gasteiger charge is 2.40. The topological polar surface area (TPSA) is 21.7 Å². The third-order valence-electron chi connectivity index (χ3n) is 10.4. The maximum absolute atomic E-state index is 6.81. The van der Waals surface area contributed by atoms with E-state index in [4.69, 9.17) is 9.47 Å². The van der Waals surface area contributed by atoms with Gasteiger partial charge in [0.1, 0.15) is 23.0 Å². The highest BCUT2D eigenvalue weighted by Crippen LogP contribution is 2.51. The second kappa shape index (κ2) is 11.1. The summed E-state index contributed by atoms with van der Waals surface area (Å²) in [6, 6.07) is 60.6. The van der Waals surface area contributed by atoms with Crippen molar-refractivity contribution in [2.45, 2.75) is 0 Å². The van der Waals surface area contributed by atoms with Gasteiger partial charge in [-0.2, -0.15) is 0 Å². The molecule has 0 spiro atoms. The highest BCUT2D eigenvalue weighted by atomic mass is 32.1. The van der Waals surface area contributed by atoms with Crippen LogP contribution in [0.25, 0.3) is 42.1 Å². The zero-order chi connectivity index (χ0) is 33.5. The number of hydrogen-bond acceptors (Lipinski definition) is 4. The van der Waals surface area contributed by atoms with Crippen molar-refractivity contribution >= 4 is 82.4 Å². The third kappa shape index (κ3) is 4.32. The van der Waals surface area contributed by atoms with E-state index in [0.29, 0.717) is 0 Å². The van der Waals surface area contributed by atoms with Crippen molar-refractivity contribution < 1.29 is 9.47 Å².